The summed E-state index contributed by atoms with van der Waals surface area (Å²) in [4.78, 5) is 10.1. The van der Waals surface area contributed by atoms with Gasteiger partial charge in [-0.05, 0) is 12.5 Å². The van der Waals surface area contributed by atoms with E-state index in [1.165, 1.54) is 6.07 Å². The summed E-state index contributed by atoms with van der Waals surface area (Å²) in [5.41, 5.74) is 3.24. The molecule has 0 fully saturated rings. The van der Waals surface area contributed by atoms with Gasteiger partial charge in [0, 0.05) is 11.6 Å². The van der Waals surface area contributed by atoms with E-state index in [9.17, 15) is 10.1 Å². The van der Waals surface area contributed by atoms with Gasteiger partial charge in [-0.3, -0.25) is 10.1 Å². The van der Waals surface area contributed by atoms with E-state index in [-0.39, 0.29) is 12.2 Å². The number of hydrogen-bond donors (Lipinski definition) is 2. The Hall–Kier alpha value is -1.46. The Kier molecular flexibility index (Phi) is 2.94. The van der Waals surface area contributed by atoms with E-state index in [1.54, 1.807) is 19.1 Å². The lowest BCUT2D eigenvalue weighted by atomic mass is 10.1. The molecule has 13 heavy (non-hydrogen) atoms. The zero-order valence-electron chi connectivity index (χ0n) is 7.15. The topological polar surface area (TPSA) is 75.4 Å². The molecule has 1 rings (SSSR count). The monoisotopic (exact) mass is 182 g/mol. The zero-order chi connectivity index (χ0) is 9.84. The van der Waals surface area contributed by atoms with Crippen molar-refractivity contribution in [3.05, 3.63) is 39.4 Å². The number of hydrogen-bond acceptors (Lipinski definition) is 4. The number of nitro groups is 1. The first kappa shape index (κ1) is 9.63. The van der Waals surface area contributed by atoms with Gasteiger partial charge in [-0.25, -0.2) is 5.48 Å². The predicted molar refractivity (Wildman–Crippen MR) is 46.5 cm³/mol. The van der Waals surface area contributed by atoms with Gasteiger partial charge in [0.05, 0.1) is 11.5 Å². The van der Waals surface area contributed by atoms with Crippen LogP contribution in [-0.2, 0) is 6.54 Å². The minimum atomic E-state index is -0.459. The van der Waals surface area contributed by atoms with Crippen LogP contribution in [0, 0.1) is 17.0 Å². The Morgan fingerprint density at radius 2 is 2.31 bits per heavy atom. The second kappa shape index (κ2) is 3.97. The molecule has 0 saturated carbocycles. The molecule has 0 aliphatic rings. The van der Waals surface area contributed by atoms with Crippen molar-refractivity contribution in [2.45, 2.75) is 13.5 Å². The van der Waals surface area contributed by atoms with E-state index in [4.69, 9.17) is 5.21 Å². The predicted octanol–water partition coefficient (Wildman–Crippen LogP) is 1.38. The molecule has 0 spiro atoms. The first-order valence-electron chi connectivity index (χ1n) is 3.76. The van der Waals surface area contributed by atoms with E-state index in [1.807, 2.05) is 5.48 Å². The second-order valence-electron chi connectivity index (χ2n) is 2.66. The van der Waals surface area contributed by atoms with Crippen molar-refractivity contribution in [1.82, 2.24) is 5.48 Å². The van der Waals surface area contributed by atoms with Crippen LogP contribution < -0.4 is 5.48 Å². The minimum absolute atomic E-state index is 0.0292. The molecule has 5 heteroatoms. The third-order valence-electron chi connectivity index (χ3n) is 1.84. The van der Waals surface area contributed by atoms with Crippen LogP contribution in [0.4, 0.5) is 5.69 Å². The molecule has 0 unspecified atom stereocenters. The van der Waals surface area contributed by atoms with Crippen molar-refractivity contribution >= 4 is 5.69 Å². The van der Waals surface area contributed by atoms with Crippen LogP contribution in [0.25, 0.3) is 0 Å². The number of nitro benzene ring substituents is 1. The van der Waals surface area contributed by atoms with Gasteiger partial charge in [0.2, 0.25) is 0 Å². The molecule has 0 bridgehead atoms. The number of hydroxylamine groups is 1. The van der Waals surface area contributed by atoms with Crippen molar-refractivity contribution in [2.75, 3.05) is 0 Å². The van der Waals surface area contributed by atoms with Gasteiger partial charge in [-0.15, -0.1) is 0 Å². The molecule has 5 nitrogen and oxygen atoms in total. The van der Waals surface area contributed by atoms with Crippen molar-refractivity contribution in [2.24, 2.45) is 0 Å². The Morgan fingerprint density at radius 1 is 1.62 bits per heavy atom. The van der Waals surface area contributed by atoms with Gasteiger partial charge in [0.1, 0.15) is 0 Å². The maximum atomic E-state index is 10.5. The molecule has 0 radical (unpaired) electrons. The summed E-state index contributed by atoms with van der Waals surface area (Å²) < 4.78 is 0. The van der Waals surface area contributed by atoms with E-state index in [2.05, 4.69) is 0 Å². The first-order valence-corrected chi connectivity index (χ1v) is 3.76. The normalized spacial score (nSPS) is 10.0. The summed E-state index contributed by atoms with van der Waals surface area (Å²) in [6.07, 6.45) is 0. The lowest BCUT2D eigenvalue weighted by Gasteiger charge is -2.04. The smallest absolute Gasteiger partial charge is 0.274 e. The number of nitrogens with zero attached hydrogens (tertiary/aromatic N) is 1. The quantitative estimate of drug-likeness (QED) is 0.547. The molecular weight excluding hydrogens is 172 g/mol. The minimum Gasteiger partial charge on any atom is -0.316 e. The van der Waals surface area contributed by atoms with Gasteiger partial charge in [0.25, 0.3) is 5.69 Å². The van der Waals surface area contributed by atoms with E-state index >= 15 is 0 Å². The SMILES string of the molecule is Cc1cccc([N+](=O)[O-])c1CNO. The average molecular weight is 182 g/mol. The number of rotatable bonds is 3. The van der Waals surface area contributed by atoms with Crippen LogP contribution in [0.15, 0.2) is 18.2 Å². The zero-order valence-corrected chi connectivity index (χ0v) is 7.15. The van der Waals surface area contributed by atoms with E-state index < -0.39 is 4.92 Å². The fraction of sp³-hybridized carbons (Fsp3) is 0.250. The highest BCUT2D eigenvalue weighted by atomic mass is 16.6. The highest BCUT2D eigenvalue weighted by Gasteiger charge is 2.13. The summed E-state index contributed by atoms with van der Waals surface area (Å²) in [5, 5.41) is 19.0. The molecule has 0 aliphatic carbocycles. The van der Waals surface area contributed by atoms with Crippen LogP contribution >= 0.6 is 0 Å². The Bertz CT molecular complexity index is 325. The average Bonchev–Trinajstić information content (AvgIpc) is 2.08. The lowest BCUT2D eigenvalue weighted by Crippen LogP contribution is -2.09. The summed E-state index contributed by atoms with van der Waals surface area (Å²) >= 11 is 0. The van der Waals surface area contributed by atoms with E-state index in [0.29, 0.717) is 5.56 Å². The molecule has 2 N–H and O–H groups in total. The van der Waals surface area contributed by atoms with Crippen LogP contribution in [0.3, 0.4) is 0 Å². The third-order valence-corrected chi connectivity index (χ3v) is 1.84. The van der Waals surface area contributed by atoms with Crippen molar-refractivity contribution < 1.29 is 10.1 Å². The molecular formula is C8H10N2O3. The van der Waals surface area contributed by atoms with Crippen LogP contribution in [-0.4, -0.2) is 10.1 Å². The maximum absolute atomic E-state index is 10.5. The first-order chi connectivity index (χ1) is 6.16. The largest absolute Gasteiger partial charge is 0.316 e. The summed E-state index contributed by atoms with van der Waals surface area (Å²) in [6, 6.07) is 4.80. The molecule has 1 aromatic rings. The molecule has 70 valence electrons. The molecule has 0 amide bonds. The standard InChI is InChI=1S/C8H10N2O3/c1-6-3-2-4-8(10(12)13)7(6)5-9-11/h2-4,9,11H,5H2,1H3. The van der Waals surface area contributed by atoms with Crippen LogP contribution in [0.5, 0.6) is 0 Å². The molecule has 0 aromatic heterocycles. The van der Waals surface area contributed by atoms with Crippen molar-refractivity contribution in [3.63, 3.8) is 0 Å². The van der Waals surface area contributed by atoms with Crippen molar-refractivity contribution in [1.29, 1.82) is 0 Å². The maximum Gasteiger partial charge on any atom is 0.274 e. The van der Waals surface area contributed by atoms with Crippen LogP contribution in [0.1, 0.15) is 11.1 Å². The summed E-state index contributed by atoms with van der Waals surface area (Å²) in [5.74, 6) is 0. The van der Waals surface area contributed by atoms with Gasteiger partial charge >= 0.3 is 0 Å². The highest BCUT2D eigenvalue weighted by Crippen LogP contribution is 2.21. The molecule has 0 saturated heterocycles. The third kappa shape index (κ3) is 2.01. The Morgan fingerprint density at radius 3 is 2.85 bits per heavy atom. The molecule has 1 aromatic carbocycles. The van der Waals surface area contributed by atoms with Gasteiger partial charge in [0.15, 0.2) is 0 Å². The number of aryl methyl sites for hydroxylation is 1. The van der Waals surface area contributed by atoms with Gasteiger partial charge < -0.3 is 5.21 Å². The molecule has 0 heterocycles. The number of benzene rings is 1. The van der Waals surface area contributed by atoms with E-state index in [0.717, 1.165) is 5.56 Å². The highest BCUT2D eigenvalue weighted by molar-refractivity contribution is 5.44. The summed E-state index contributed by atoms with van der Waals surface area (Å²) in [6.45, 7) is 1.85. The van der Waals surface area contributed by atoms with Gasteiger partial charge in [-0.1, -0.05) is 12.1 Å². The lowest BCUT2D eigenvalue weighted by molar-refractivity contribution is -0.385. The summed E-state index contributed by atoms with van der Waals surface area (Å²) in [7, 11) is 0. The fourth-order valence-electron chi connectivity index (χ4n) is 1.17. The molecule has 0 atom stereocenters. The molecule has 0 aliphatic heterocycles. The van der Waals surface area contributed by atoms with Gasteiger partial charge in [-0.2, -0.15) is 0 Å². The second-order valence-corrected chi connectivity index (χ2v) is 2.66. The van der Waals surface area contributed by atoms with Crippen molar-refractivity contribution in [3.8, 4) is 0 Å². The fourth-order valence-corrected chi connectivity index (χ4v) is 1.17. The number of nitrogens with one attached hydrogen (secondary N) is 1. The Balaban J connectivity index is 3.17. The van der Waals surface area contributed by atoms with Crippen LogP contribution in [0.2, 0.25) is 0 Å². The Labute approximate surface area is 75.1 Å².